The van der Waals surface area contributed by atoms with Crippen molar-refractivity contribution in [3.8, 4) is 0 Å². The molecule has 1 aromatic carbocycles. The van der Waals surface area contributed by atoms with Crippen LogP contribution < -0.4 is 5.32 Å². The Morgan fingerprint density at radius 1 is 1.35 bits per heavy atom. The first kappa shape index (κ1) is 13.7. The molecule has 0 saturated heterocycles. The predicted molar refractivity (Wildman–Crippen MR) is 81.8 cm³/mol. The van der Waals surface area contributed by atoms with Gasteiger partial charge in [-0.25, -0.2) is 4.98 Å². The van der Waals surface area contributed by atoms with Crippen molar-refractivity contribution in [2.24, 2.45) is 0 Å². The zero-order chi connectivity index (χ0) is 13.8. The fourth-order valence-corrected chi connectivity index (χ4v) is 3.09. The highest BCUT2D eigenvalue weighted by Gasteiger charge is 2.23. The molecule has 20 heavy (non-hydrogen) atoms. The molecule has 3 nitrogen and oxygen atoms in total. The maximum absolute atomic E-state index is 5.08. The molecular weight excluding hydrogens is 268 g/mol. The summed E-state index contributed by atoms with van der Waals surface area (Å²) in [4.78, 5) is 4.52. The number of nitrogens with one attached hydrogen (secondary N) is 1. The SMILES string of the molecule is COCc1nc(CNCc2cccc(C3CC3)c2)cs1. The zero-order valence-corrected chi connectivity index (χ0v) is 12.6. The Morgan fingerprint density at radius 3 is 3.05 bits per heavy atom. The van der Waals surface area contributed by atoms with E-state index in [9.17, 15) is 0 Å². The Kier molecular flexibility index (Phi) is 4.45. The number of thiazole rings is 1. The van der Waals surface area contributed by atoms with E-state index in [0.29, 0.717) is 6.61 Å². The summed E-state index contributed by atoms with van der Waals surface area (Å²) in [5, 5.41) is 6.60. The highest BCUT2D eigenvalue weighted by molar-refractivity contribution is 7.09. The van der Waals surface area contributed by atoms with Crippen LogP contribution in [0.15, 0.2) is 29.6 Å². The Labute approximate surface area is 124 Å². The van der Waals surface area contributed by atoms with Crippen LogP contribution in [0.2, 0.25) is 0 Å². The molecule has 1 N–H and O–H groups in total. The van der Waals surface area contributed by atoms with Crippen LogP contribution in [-0.2, 0) is 24.4 Å². The standard InChI is InChI=1S/C16H20N2OS/c1-19-10-16-18-15(11-20-16)9-17-8-12-3-2-4-14(7-12)13-5-6-13/h2-4,7,11,13,17H,5-6,8-10H2,1H3. The minimum absolute atomic E-state index is 0.605. The van der Waals surface area contributed by atoms with E-state index in [1.54, 1.807) is 18.4 Å². The van der Waals surface area contributed by atoms with Crippen LogP contribution in [0, 0.1) is 0 Å². The van der Waals surface area contributed by atoms with Gasteiger partial charge in [-0.15, -0.1) is 11.3 Å². The van der Waals surface area contributed by atoms with Crippen molar-refractivity contribution >= 4 is 11.3 Å². The maximum atomic E-state index is 5.08. The van der Waals surface area contributed by atoms with Crippen molar-refractivity contribution in [1.29, 1.82) is 0 Å². The molecule has 0 amide bonds. The molecule has 0 unspecified atom stereocenters. The fraction of sp³-hybridized carbons (Fsp3) is 0.438. The minimum atomic E-state index is 0.605. The lowest BCUT2D eigenvalue weighted by Gasteiger charge is -2.05. The molecule has 1 heterocycles. The van der Waals surface area contributed by atoms with Crippen LogP contribution >= 0.6 is 11.3 Å². The van der Waals surface area contributed by atoms with Crippen molar-refractivity contribution in [3.63, 3.8) is 0 Å². The lowest BCUT2D eigenvalue weighted by Crippen LogP contribution is -2.13. The highest BCUT2D eigenvalue weighted by Crippen LogP contribution is 2.40. The van der Waals surface area contributed by atoms with E-state index in [1.807, 2.05) is 0 Å². The third-order valence-electron chi connectivity index (χ3n) is 3.50. The van der Waals surface area contributed by atoms with E-state index in [2.05, 4.69) is 39.9 Å². The first-order chi connectivity index (χ1) is 9.85. The van der Waals surface area contributed by atoms with Gasteiger partial charge in [0.2, 0.25) is 0 Å². The van der Waals surface area contributed by atoms with Gasteiger partial charge in [0.1, 0.15) is 5.01 Å². The molecule has 0 aliphatic heterocycles. The normalized spacial score (nSPS) is 14.7. The van der Waals surface area contributed by atoms with Crippen molar-refractivity contribution in [2.75, 3.05) is 7.11 Å². The van der Waals surface area contributed by atoms with E-state index in [4.69, 9.17) is 4.74 Å². The smallest absolute Gasteiger partial charge is 0.119 e. The summed E-state index contributed by atoms with van der Waals surface area (Å²) in [6.45, 7) is 2.32. The molecule has 3 rings (SSSR count). The largest absolute Gasteiger partial charge is 0.378 e. The van der Waals surface area contributed by atoms with Crippen LogP contribution in [0.3, 0.4) is 0 Å². The average molecular weight is 288 g/mol. The van der Waals surface area contributed by atoms with Crippen LogP contribution in [0.4, 0.5) is 0 Å². The van der Waals surface area contributed by atoms with E-state index in [0.717, 1.165) is 29.7 Å². The summed E-state index contributed by atoms with van der Waals surface area (Å²) in [5.74, 6) is 0.824. The van der Waals surface area contributed by atoms with Crippen molar-refractivity contribution in [3.05, 3.63) is 51.5 Å². The Bertz CT molecular complexity index is 563. The Balaban J connectivity index is 1.50. The summed E-state index contributed by atoms with van der Waals surface area (Å²) in [6.07, 6.45) is 2.72. The van der Waals surface area contributed by atoms with Gasteiger partial charge in [0.25, 0.3) is 0 Å². The van der Waals surface area contributed by atoms with Crippen molar-refractivity contribution in [2.45, 2.75) is 38.5 Å². The zero-order valence-electron chi connectivity index (χ0n) is 11.8. The predicted octanol–water partition coefficient (Wildman–Crippen LogP) is 3.46. The van der Waals surface area contributed by atoms with E-state index < -0.39 is 0 Å². The van der Waals surface area contributed by atoms with Gasteiger partial charge in [-0.1, -0.05) is 24.3 Å². The van der Waals surface area contributed by atoms with Crippen molar-refractivity contribution in [1.82, 2.24) is 10.3 Å². The van der Waals surface area contributed by atoms with Crippen LogP contribution in [-0.4, -0.2) is 12.1 Å². The summed E-state index contributed by atoms with van der Waals surface area (Å²) < 4.78 is 5.08. The fourth-order valence-electron chi connectivity index (χ4n) is 2.33. The second-order valence-electron chi connectivity index (χ2n) is 5.29. The van der Waals surface area contributed by atoms with Crippen LogP contribution in [0.25, 0.3) is 0 Å². The summed E-state index contributed by atoms with van der Waals surface area (Å²) in [7, 11) is 1.70. The van der Waals surface area contributed by atoms with Crippen LogP contribution in [0.1, 0.15) is 40.6 Å². The molecule has 0 bridgehead atoms. The molecule has 106 valence electrons. The van der Waals surface area contributed by atoms with Crippen LogP contribution in [0.5, 0.6) is 0 Å². The average Bonchev–Trinajstić information content (AvgIpc) is 3.22. The Morgan fingerprint density at radius 2 is 2.25 bits per heavy atom. The third-order valence-corrected chi connectivity index (χ3v) is 4.37. The van der Waals surface area contributed by atoms with Gasteiger partial charge in [-0.3, -0.25) is 0 Å². The highest BCUT2D eigenvalue weighted by atomic mass is 32.1. The van der Waals surface area contributed by atoms with Gasteiger partial charge < -0.3 is 10.1 Å². The minimum Gasteiger partial charge on any atom is -0.378 e. The Hall–Kier alpha value is -1.23. The van der Waals surface area contributed by atoms with E-state index in [1.165, 1.54) is 24.0 Å². The molecule has 1 fully saturated rings. The number of methoxy groups -OCH3 is 1. The number of rotatable bonds is 7. The monoisotopic (exact) mass is 288 g/mol. The summed E-state index contributed by atoms with van der Waals surface area (Å²) >= 11 is 1.66. The van der Waals surface area contributed by atoms with Gasteiger partial charge in [-0.2, -0.15) is 0 Å². The van der Waals surface area contributed by atoms with Crippen molar-refractivity contribution < 1.29 is 4.74 Å². The molecule has 1 aromatic heterocycles. The number of ether oxygens (including phenoxy) is 1. The van der Waals surface area contributed by atoms with E-state index in [-0.39, 0.29) is 0 Å². The molecule has 1 aliphatic carbocycles. The first-order valence-corrected chi connectivity index (χ1v) is 7.95. The molecule has 0 atom stereocenters. The lowest BCUT2D eigenvalue weighted by molar-refractivity contribution is 0.184. The molecular formula is C16H20N2OS. The summed E-state index contributed by atoms with van der Waals surface area (Å²) in [6, 6.07) is 8.95. The number of aromatic nitrogens is 1. The van der Waals surface area contributed by atoms with Gasteiger partial charge in [0.05, 0.1) is 12.3 Å². The lowest BCUT2D eigenvalue weighted by atomic mass is 10.1. The van der Waals surface area contributed by atoms with Gasteiger partial charge in [0.15, 0.2) is 0 Å². The molecule has 0 radical (unpaired) electrons. The van der Waals surface area contributed by atoms with Gasteiger partial charge >= 0.3 is 0 Å². The maximum Gasteiger partial charge on any atom is 0.119 e. The number of benzene rings is 1. The van der Waals surface area contributed by atoms with Gasteiger partial charge in [0, 0.05) is 25.6 Å². The number of hydrogen-bond acceptors (Lipinski definition) is 4. The van der Waals surface area contributed by atoms with E-state index >= 15 is 0 Å². The third kappa shape index (κ3) is 3.66. The molecule has 4 heteroatoms. The molecule has 0 spiro atoms. The number of hydrogen-bond donors (Lipinski definition) is 1. The van der Waals surface area contributed by atoms with Gasteiger partial charge in [-0.05, 0) is 29.9 Å². The quantitative estimate of drug-likeness (QED) is 0.847. The second kappa shape index (κ2) is 6.48. The molecule has 2 aromatic rings. The number of nitrogens with zero attached hydrogens (tertiary/aromatic N) is 1. The summed E-state index contributed by atoms with van der Waals surface area (Å²) in [5.41, 5.74) is 3.96. The molecule has 1 saturated carbocycles. The second-order valence-corrected chi connectivity index (χ2v) is 6.23. The topological polar surface area (TPSA) is 34.1 Å². The first-order valence-electron chi connectivity index (χ1n) is 7.07. The molecule has 1 aliphatic rings.